The second-order valence-electron chi connectivity index (χ2n) is 5.72. The summed E-state index contributed by atoms with van der Waals surface area (Å²) in [6.45, 7) is 8.88. The van der Waals surface area contributed by atoms with E-state index in [0.717, 1.165) is 32.7 Å². The lowest BCUT2D eigenvalue weighted by atomic mass is 9.94. The van der Waals surface area contributed by atoms with Gasteiger partial charge >= 0.3 is 0 Å². The number of hydrogen-bond donors (Lipinski definition) is 2. The zero-order chi connectivity index (χ0) is 12.3. The Labute approximate surface area is 104 Å². The van der Waals surface area contributed by atoms with Crippen LogP contribution < -0.4 is 5.32 Å². The summed E-state index contributed by atoms with van der Waals surface area (Å²) in [7, 11) is 0. The van der Waals surface area contributed by atoms with E-state index in [1.165, 1.54) is 12.8 Å². The largest absolute Gasteiger partial charge is 0.390 e. The van der Waals surface area contributed by atoms with Crippen molar-refractivity contribution in [3.8, 4) is 0 Å². The van der Waals surface area contributed by atoms with Gasteiger partial charge in [0, 0.05) is 25.2 Å². The van der Waals surface area contributed by atoms with Gasteiger partial charge in [0.2, 0.25) is 0 Å². The number of aliphatic hydroxyl groups excluding tert-OH is 1. The summed E-state index contributed by atoms with van der Waals surface area (Å²) < 4.78 is 5.58. The summed E-state index contributed by atoms with van der Waals surface area (Å²) in [6.07, 6.45) is 3.56. The van der Waals surface area contributed by atoms with Crippen LogP contribution in [0.5, 0.6) is 0 Å². The molecule has 0 aromatic heterocycles. The average molecular weight is 242 g/mol. The second kappa shape index (κ2) is 5.65. The number of aliphatic hydroxyl groups is 1. The Bertz CT molecular complexity index is 244. The van der Waals surface area contributed by atoms with Crippen LogP contribution in [0.4, 0.5) is 0 Å². The van der Waals surface area contributed by atoms with Gasteiger partial charge in [0.05, 0.1) is 12.2 Å². The first-order valence-electron chi connectivity index (χ1n) is 6.87. The van der Waals surface area contributed by atoms with E-state index in [9.17, 15) is 5.11 Å². The van der Waals surface area contributed by atoms with Crippen molar-refractivity contribution >= 4 is 0 Å². The summed E-state index contributed by atoms with van der Waals surface area (Å²) in [6, 6.07) is 0. The normalized spacial score (nSPS) is 36.5. The molecule has 2 saturated heterocycles. The van der Waals surface area contributed by atoms with Gasteiger partial charge in [-0.15, -0.1) is 0 Å². The summed E-state index contributed by atoms with van der Waals surface area (Å²) in [4.78, 5) is 2.35. The molecule has 2 rings (SSSR count). The first-order chi connectivity index (χ1) is 8.10. The molecule has 2 heterocycles. The minimum Gasteiger partial charge on any atom is -0.390 e. The number of nitrogens with zero attached hydrogens (tertiary/aromatic N) is 1. The van der Waals surface area contributed by atoms with Crippen LogP contribution in [0.1, 0.15) is 33.1 Å². The Hall–Kier alpha value is -0.160. The maximum absolute atomic E-state index is 10.0. The Morgan fingerprint density at radius 2 is 2.18 bits per heavy atom. The molecule has 3 unspecified atom stereocenters. The van der Waals surface area contributed by atoms with Gasteiger partial charge in [-0.1, -0.05) is 0 Å². The monoisotopic (exact) mass is 242 g/mol. The van der Waals surface area contributed by atoms with Gasteiger partial charge in [-0.25, -0.2) is 0 Å². The topological polar surface area (TPSA) is 44.7 Å². The van der Waals surface area contributed by atoms with Gasteiger partial charge in [-0.2, -0.15) is 0 Å². The molecular formula is C13H26N2O2. The van der Waals surface area contributed by atoms with Crippen molar-refractivity contribution in [2.45, 2.75) is 50.9 Å². The highest BCUT2D eigenvalue weighted by Crippen LogP contribution is 2.24. The van der Waals surface area contributed by atoms with E-state index in [1.54, 1.807) is 0 Å². The molecule has 2 N–H and O–H groups in total. The summed E-state index contributed by atoms with van der Waals surface area (Å²) in [5.74, 6) is 0. The SMILES string of the molecule is CC1OCCC1(C)NCC(O)CN1CCCC1. The van der Waals surface area contributed by atoms with Crippen molar-refractivity contribution in [3.63, 3.8) is 0 Å². The maximum atomic E-state index is 10.0. The van der Waals surface area contributed by atoms with E-state index in [-0.39, 0.29) is 17.7 Å². The highest BCUT2D eigenvalue weighted by molar-refractivity contribution is 4.94. The fraction of sp³-hybridized carbons (Fsp3) is 1.00. The van der Waals surface area contributed by atoms with Gasteiger partial charge < -0.3 is 20.1 Å². The van der Waals surface area contributed by atoms with Crippen molar-refractivity contribution < 1.29 is 9.84 Å². The van der Waals surface area contributed by atoms with Crippen molar-refractivity contribution in [2.24, 2.45) is 0 Å². The van der Waals surface area contributed by atoms with E-state index in [4.69, 9.17) is 4.74 Å². The summed E-state index contributed by atoms with van der Waals surface area (Å²) >= 11 is 0. The molecule has 0 aliphatic carbocycles. The first kappa shape index (κ1) is 13.3. The maximum Gasteiger partial charge on any atom is 0.0791 e. The quantitative estimate of drug-likeness (QED) is 0.741. The zero-order valence-electron chi connectivity index (χ0n) is 11.1. The molecular weight excluding hydrogens is 216 g/mol. The lowest BCUT2D eigenvalue weighted by Crippen LogP contribution is -2.51. The summed E-state index contributed by atoms with van der Waals surface area (Å²) in [5, 5.41) is 13.5. The molecule has 4 heteroatoms. The molecule has 2 fully saturated rings. The van der Waals surface area contributed by atoms with Gasteiger partial charge in [-0.05, 0) is 46.2 Å². The molecule has 0 radical (unpaired) electrons. The Balaban J connectivity index is 1.69. The number of likely N-dealkylation sites (tertiary alicyclic amines) is 1. The van der Waals surface area contributed by atoms with Crippen molar-refractivity contribution in [1.29, 1.82) is 0 Å². The molecule has 0 bridgehead atoms. The third kappa shape index (κ3) is 3.41. The Morgan fingerprint density at radius 3 is 2.76 bits per heavy atom. The first-order valence-corrected chi connectivity index (χ1v) is 6.87. The van der Waals surface area contributed by atoms with Crippen LogP contribution in [0, 0.1) is 0 Å². The van der Waals surface area contributed by atoms with Gasteiger partial charge in [0.1, 0.15) is 0 Å². The molecule has 3 atom stereocenters. The number of β-amino-alcohol motifs (C(OH)–C–C–N with tert-alkyl or cyclic N) is 1. The fourth-order valence-electron chi connectivity index (χ4n) is 2.75. The molecule has 0 spiro atoms. The molecule has 0 saturated carbocycles. The molecule has 2 aliphatic rings. The average Bonchev–Trinajstić information content (AvgIpc) is 2.89. The summed E-state index contributed by atoms with van der Waals surface area (Å²) in [5.41, 5.74) is 0.0337. The lowest BCUT2D eigenvalue weighted by molar-refractivity contribution is 0.0737. The zero-order valence-corrected chi connectivity index (χ0v) is 11.1. The Kier molecular flexibility index (Phi) is 4.42. The molecule has 17 heavy (non-hydrogen) atoms. The number of nitrogens with one attached hydrogen (secondary N) is 1. The molecule has 100 valence electrons. The highest BCUT2D eigenvalue weighted by Gasteiger charge is 2.36. The third-order valence-electron chi connectivity index (χ3n) is 4.30. The number of hydrogen-bond acceptors (Lipinski definition) is 4. The second-order valence-corrected chi connectivity index (χ2v) is 5.72. The number of ether oxygens (including phenoxy) is 1. The standard InChI is InChI=1S/C13H26N2O2/c1-11-13(2,5-8-17-11)14-9-12(16)10-15-6-3-4-7-15/h11-12,14,16H,3-10H2,1-2H3. The van der Waals surface area contributed by atoms with Gasteiger partial charge in [0.15, 0.2) is 0 Å². The van der Waals surface area contributed by atoms with Crippen LogP contribution in [0.15, 0.2) is 0 Å². The molecule has 2 aliphatic heterocycles. The van der Waals surface area contributed by atoms with E-state index in [1.807, 2.05) is 0 Å². The Morgan fingerprint density at radius 1 is 1.47 bits per heavy atom. The van der Waals surface area contributed by atoms with Crippen LogP contribution >= 0.6 is 0 Å². The van der Waals surface area contributed by atoms with Crippen molar-refractivity contribution in [1.82, 2.24) is 10.2 Å². The van der Waals surface area contributed by atoms with E-state index in [0.29, 0.717) is 6.54 Å². The minimum atomic E-state index is -0.266. The predicted octanol–water partition coefficient (Wildman–Crippen LogP) is 0.600. The molecule has 0 aromatic carbocycles. The lowest BCUT2D eigenvalue weighted by Gasteiger charge is -2.31. The van der Waals surface area contributed by atoms with Crippen molar-refractivity contribution in [2.75, 3.05) is 32.8 Å². The predicted molar refractivity (Wildman–Crippen MR) is 68.1 cm³/mol. The molecule has 0 aromatic rings. The minimum absolute atomic E-state index is 0.0337. The third-order valence-corrected chi connectivity index (χ3v) is 4.30. The molecule has 0 amide bonds. The van der Waals surface area contributed by atoms with Gasteiger partial charge in [-0.3, -0.25) is 0 Å². The van der Waals surface area contributed by atoms with E-state index in [2.05, 4.69) is 24.1 Å². The number of rotatable bonds is 5. The van der Waals surface area contributed by atoms with Crippen LogP contribution in [0.25, 0.3) is 0 Å². The van der Waals surface area contributed by atoms with Crippen LogP contribution in [0.2, 0.25) is 0 Å². The van der Waals surface area contributed by atoms with Crippen LogP contribution in [0.3, 0.4) is 0 Å². The fourth-order valence-corrected chi connectivity index (χ4v) is 2.75. The van der Waals surface area contributed by atoms with Crippen LogP contribution in [-0.2, 0) is 4.74 Å². The van der Waals surface area contributed by atoms with E-state index >= 15 is 0 Å². The van der Waals surface area contributed by atoms with Crippen molar-refractivity contribution in [3.05, 3.63) is 0 Å². The van der Waals surface area contributed by atoms with Crippen LogP contribution in [-0.4, -0.2) is 60.5 Å². The van der Waals surface area contributed by atoms with Gasteiger partial charge in [0.25, 0.3) is 0 Å². The smallest absolute Gasteiger partial charge is 0.0791 e. The molecule has 4 nitrogen and oxygen atoms in total. The van der Waals surface area contributed by atoms with E-state index < -0.39 is 0 Å². The highest BCUT2D eigenvalue weighted by atomic mass is 16.5.